The molecule has 1 aliphatic carbocycles. The van der Waals surface area contributed by atoms with Crippen LogP contribution in [0.15, 0.2) is 4.99 Å². The van der Waals surface area contributed by atoms with Crippen LogP contribution in [-0.2, 0) is 9.53 Å². The molecule has 0 aromatic heterocycles. The number of thioether (sulfide) groups is 1. The summed E-state index contributed by atoms with van der Waals surface area (Å²) in [6.07, 6.45) is 4.63. The Morgan fingerprint density at radius 3 is 3.00 bits per heavy atom. The van der Waals surface area contributed by atoms with E-state index in [1.165, 1.54) is 12.8 Å². The van der Waals surface area contributed by atoms with Crippen LogP contribution in [0.2, 0.25) is 0 Å². The average molecular weight is 213 g/mol. The van der Waals surface area contributed by atoms with Gasteiger partial charge >= 0.3 is 5.97 Å². The van der Waals surface area contributed by atoms with E-state index < -0.39 is 0 Å². The summed E-state index contributed by atoms with van der Waals surface area (Å²) in [5, 5.41) is 0. The highest BCUT2D eigenvalue weighted by atomic mass is 32.2. The SMILES string of the molecule is CCOC(=O)C1N=CSC12CCCC2. The van der Waals surface area contributed by atoms with Gasteiger partial charge in [-0.15, -0.1) is 11.8 Å². The second-order valence-corrected chi connectivity index (χ2v) is 5.06. The number of ether oxygens (including phenoxy) is 1. The summed E-state index contributed by atoms with van der Waals surface area (Å²) in [5.74, 6) is -0.143. The molecule has 14 heavy (non-hydrogen) atoms. The number of hydrogen-bond donors (Lipinski definition) is 0. The van der Waals surface area contributed by atoms with E-state index >= 15 is 0 Å². The van der Waals surface area contributed by atoms with Crippen LogP contribution in [0.25, 0.3) is 0 Å². The molecule has 1 fully saturated rings. The van der Waals surface area contributed by atoms with Gasteiger partial charge in [0.25, 0.3) is 0 Å². The van der Waals surface area contributed by atoms with Crippen molar-refractivity contribution >= 4 is 23.3 Å². The molecule has 0 N–H and O–H groups in total. The van der Waals surface area contributed by atoms with Gasteiger partial charge in [-0.2, -0.15) is 0 Å². The largest absolute Gasteiger partial charge is 0.464 e. The summed E-state index contributed by atoms with van der Waals surface area (Å²) in [7, 11) is 0. The van der Waals surface area contributed by atoms with Gasteiger partial charge in [-0.05, 0) is 19.8 Å². The van der Waals surface area contributed by atoms with E-state index in [0.29, 0.717) is 6.61 Å². The predicted molar refractivity (Wildman–Crippen MR) is 57.7 cm³/mol. The summed E-state index contributed by atoms with van der Waals surface area (Å²) in [4.78, 5) is 15.9. The Morgan fingerprint density at radius 1 is 1.64 bits per heavy atom. The van der Waals surface area contributed by atoms with Crippen molar-refractivity contribution in [2.24, 2.45) is 4.99 Å². The molecule has 0 saturated heterocycles. The first kappa shape index (κ1) is 10.0. The Hall–Kier alpha value is -0.510. The standard InChI is InChI=1S/C10H15NO2S/c1-2-13-9(12)8-10(14-7-11-8)5-3-4-6-10/h7-8H,2-6H2,1H3. The smallest absolute Gasteiger partial charge is 0.332 e. The minimum atomic E-state index is -0.241. The second-order valence-electron chi connectivity index (χ2n) is 3.80. The van der Waals surface area contributed by atoms with Gasteiger partial charge < -0.3 is 4.74 Å². The third kappa shape index (κ3) is 1.56. The Morgan fingerprint density at radius 2 is 2.36 bits per heavy atom. The zero-order chi connectivity index (χ0) is 10.0. The zero-order valence-electron chi connectivity index (χ0n) is 8.36. The van der Waals surface area contributed by atoms with Gasteiger partial charge in [-0.1, -0.05) is 12.8 Å². The summed E-state index contributed by atoms with van der Waals surface area (Å²) < 4.78 is 5.09. The van der Waals surface area contributed by atoms with Gasteiger partial charge in [0.05, 0.1) is 16.9 Å². The number of hydrogen-bond acceptors (Lipinski definition) is 4. The molecule has 0 aromatic carbocycles. The van der Waals surface area contributed by atoms with Crippen molar-refractivity contribution in [3.8, 4) is 0 Å². The Kier molecular flexibility index (Phi) is 2.81. The van der Waals surface area contributed by atoms with E-state index in [1.807, 2.05) is 12.5 Å². The average Bonchev–Trinajstić information content (AvgIpc) is 2.78. The molecule has 0 bridgehead atoms. The number of rotatable bonds is 2. The quantitative estimate of drug-likeness (QED) is 0.659. The summed E-state index contributed by atoms with van der Waals surface area (Å²) in [5.41, 5.74) is 1.83. The molecule has 0 aromatic rings. The molecule has 2 aliphatic rings. The monoisotopic (exact) mass is 213 g/mol. The fourth-order valence-electron chi connectivity index (χ4n) is 2.26. The highest BCUT2D eigenvalue weighted by molar-refractivity contribution is 8.13. The van der Waals surface area contributed by atoms with E-state index in [9.17, 15) is 4.79 Å². The number of nitrogens with zero attached hydrogens (tertiary/aromatic N) is 1. The fourth-order valence-corrected chi connectivity index (χ4v) is 3.46. The van der Waals surface area contributed by atoms with Crippen molar-refractivity contribution in [1.29, 1.82) is 0 Å². The van der Waals surface area contributed by atoms with Crippen LogP contribution in [-0.4, -0.2) is 28.9 Å². The molecular weight excluding hydrogens is 198 g/mol. The lowest BCUT2D eigenvalue weighted by molar-refractivity contribution is -0.145. The Bertz CT molecular complexity index is 259. The lowest BCUT2D eigenvalue weighted by atomic mass is 9.97. The van der Waals surface area contributed by atoms with Crippen molar-refractivity contribution in [3.63, 3.8) is 0 Å². The molecule has 1 unspecified atom stereocenters. The second kappa shape index (κ2) is 3.93. The van der Waals surface area contributed by atoms with E-state index in [0.717, 1.165) is 12.8 Å². The van der Waals surface area contributed by atoms with Crippen molar-refractivity contribution in [3.05, 3.63) is 0 Å². The van der Waals surface area contributed by atoms with Crippen LogP contribution in [0.5, 0.6) is 0 Å². The minimum Gasteiger partial charge on any atom is -0.464 e. The van der Waals surface area contributed by atoms with Gasteiger partial charge in [0, 0.05) is 0 Å². The van der Waals surface area contributed by atoms with E-state index in [1.54, 1.807) is 11.8 Å². The van der Waals surface area contributed by atoms with Crippen LogP contribution in [0.1, 0.15) is 32.6 Å². The highest BCUT2D eigenvalue weighted by Gasteiger charge is 2.48. The lowest BCUT2D eigenvalue weighted by Gasteiger charge is -2.26. The van der Waals surface area contributed by atoms with Crippen LogP contribution in [0.3, 0.4) is 0 Å². The van der Waals surface area contributed by atoms with Crippen LogP contribution >= 0.6 is 11.8 Å². The Labute approximate surface area is 88.3 Å². The molecule has 1 aliphatic heterocycles. The number of esters is 1. The van der Waals surface area contributed by atoms with E-state index in [4.69, 9.17) is 4.74 Å². The fraction of sp³-hybridized carbons (Fsp3) is 0.800. The van der Waals surface area contributed by atoms with E-state index in [2.05, 4.69) is 4.99 Å². The van der Waals surface area contributed by atoms with Gasteiger partial charge in [-0.3, -0.25) is 4.99 Å². The molecule has 3 nitrogen and oxygen atoms in total. The molecule has 1 saturated carbocycles. The van der Waals surface area contributed by atoms with Gasteiger partial charge in [0.15, 0.2) is 6.04 Å². The third-order valence-electron chi connectivity index (χ3n) is 2.96. The molecule has 0 amide bonds. The van der Waals surface area contributed by atoms with Gasteiger partial charge in [0.1, 0.15) is 0 Å². The van der Waals surface area contributed by atoms with Crippen molar-refractivity contribution in [1.82, 2.24) is 0 Å². The molecule has 1 atom stereocenters. The number of carbonyl (C=O) groups excluding carboxylic acids is 1. The molecule has 1 spiro atoms. The molecular formula is C10H15NO2S. The van der Waals surface area contributed by atoms with Gasteiger partial charge in [0.2, 0.25) is 0 Å². The van der Waals surface area contributed by atoms with Crippen molar-refractivity contribution < 1.29 is 9.53 Å². The molecule has 1 heterocycles. The third-order valence-corrected chi connectivity index (χ3v) is 4.28. The zero-order valence-corrected chi connectivity index (χ0v) is 9.18. The van der Waals surface area contributed by atoms with Crippen LogP contribution in [0, 0.1) is 0 Å². The maximum atomic E-state index is 11.7. The molecule has 78 valence electrons. The summed E-state index contributed by atoms with van der Waals surface area (Å²) >= 11 is 1.72. The topological polar surface area (TPSA) is 38.7 Å². The summed E-state index contributed by atoms with van der Waals surface area (Å²) in [6, 6.07) is -0.241. The molecule has 4 heteroatoms. The van der Waals surface area contributed by atoms with Crippen LogP contribution < -0.4 is 0 Å². The first-order valence-corrected chi connectivity index (χ1v) is 6.02. The Balaban J connectivity index is 2.09. The molecule has 0 radical (unpaired) electrons. The van der Waals surface area contributed by atoms with Crippen molar-refractivity contribution in [2.45, 2.75) is 43.4 Å². The predicted octanol–water partition coefficient (Wildman–Crippen LogP) is 2.01. The summed E-state index contributed by atoms with van der Waals surface area (Å²) in [6.45, 7) is 2.29. The van der Waals surface area contributed by atoms with Crippen LogP contribution in [0.4, 0.5) is 0 Å². The maximum absolute atomic E-state index is 11.7. The minimum absolute atomic E-state index is 0.0479. The normalized spacial score (nSPS) is 28.5. The number of aliphatic imine (C=N–C) groups is 1. The molecule has 2 rings (SSSR count). The van der Waals surface area contributed by atoms with Crippen molar-refractivity contribution in [2.75, 3.05) is 6.61 Å². The van der Waals surface area contributed by atoms with E-state index in [-0.39, 0.29) is 16.8 Å². The lowest BCUT2D eigenvalue weighted by Crippen LogP contribution is -2.39. The van der Waals surface area contributed by atoms with Gasteiger partial charge in [-0.25, -0.2) is 4.79 Å². The first-order valence-electron chi connectivity index (χ1n) is 5.14. The maximum Gasteiger partial charge on any atom is 0.332 e. The first-order chi connectivity index (χ1) is 6.78. The highest BCUT2D eigenvalue weighted by Crippen LogP contribution is 2.47. The number of carbonyl (C=O) groups is 1.